The Bertz CT molecular complexity index is 744. The van der Waals surface area contributed by atoms with Crippen LogP contribution in [0.1, 0.15) is 10.4 Å². The minimum atomic E-state index is -3.81. The second-order valence-electron chi connectivity index (χ2n) is 3.92. The van der Waals surface area contributed by atoms with Gasteiger partial charge in [0.15, 0.2) is 0 Å². The maximum atomic E-state index is 12.1. The highest BCUT2D eigenvalue weighted by Crippen LogP contribution is 2.22. The van der Waals surface area contributed by atoms with E-state index in [0.717, 1.165) is 12.1 Å². The molecule has 2 aromatic rings. The number of anilines is 1. The number of rotatable bonds is 4. The lowest BCUT2D eigenvalue weighted by Crippen LogP contribution is -2.13. The van der Waals surface area contributed by atoms with E-state index in [0.29, 0.717) is 5.69 Å². The summed E-state index contributed by atoms with van der Waals surface area (Å²) in [5.74, 6) is -1.21. The summed E-state index contributed by atoms with van der Waals surface area (Å²) in [6.07, 6.45) is 0. The van der Waals surface area contributed by atoms with Crippen molar-refractivity contribution in [2.75, 3.05) is 4.72 Å². The number of hydrogen-bond acceptors (Lipinski definition) is 3. The maximum absolute atomic E-state index is 12.1. The number of carboxylic acid groups (broad SMARTS) is 1. The first-order valence-electron chi connectivity index (χ1n) is 5.51. The quantitative estimate of drug-likeness (QED) is 0.909. The highest BCUT2D eigenvalue weighted by atomic mass is 35.5. The molecule has 7 heteroatoms. The number of carbonyl (C=O) groups is 1. The van der Waals surface area contributed by atoms with Gasteiger partial charge in [-0.1, -0.05) is 29.8 Å². The van der Waals surface area contributed by atoms with Crippen LogP contribution in [0.15, 0.2) is 53.4 Å². The number of halogens is 1. The average molecular weight is 312 g/mol. The van der Waals surface area contributed by atoms with Crippen LogP contribution in [0.2, 0.25) is 5.02 Å². The second kappa shape index (κ2) is 5.52. The van der Waals surface area contributed by atoms with Gasteiger partial charge in [0, 0.05) is 5.69 Å². The highest BCUT2D eigenvalue weighted by Gasteiger charge is 2.17. The second-order valence-corrected chi connectivity index (χ2v) is 6.01. The molecule has 0 saturated heterocycles. The molecule has 0 aliphatic carbocycles. The molecule has 0 aliphatic rings. The summed E-state index contributed by atoms with van der Waals surface area (Å²) < 4.78 is 26.6. The molecule has 104 valence electrons. The lowest BCUT2D eigenvalue weighted by Gasteiger charge is -2.09. The van der Waals surface area contributed by atoms with Gasteiger partial charge >= 0.3 is 5.97 Å². The van der Waals surface area contributed by atoms with Crippen LogP contribution in [-0.4, -0.2) is 19.5 Å². The topological polar surface area (TPSA) is 83.5 Å². The molecule has 2 rings (SSSR count). The molecule has 0 unspecified atom stereocenters. The Morgan fingerprint density at radius 3 is 2.30 bits per heavy atom. The van der Waals surface area contributed by atoms with Gasteiger partial charge in [0.2, 0.25) is 0 Å². The molecule has 0 radical (unpaired) electrons. The Morgan fingerprint density at radius 2 is 1.75 bits per heavy atom. The van der Waals surface area contributed by atoms with E-state index in [-0.39, 0.29) is 15.5 Å². The monoisotopic (exact) mass is 311 g/mol. The largest absolute Gasteiger partial charge is 0.478 e. The van der Waals surface area contributed by atoms with Crippen LogP contribution in [0, 0.1) is 0 Å². The molecule has 0 heterocycles. The highest BCUT2D eigenvalue weighted by molar-refractivity contribution is 7.92. The molecule has 2 N–H and O–H groups in total. The molecule has 0 aliphatic heterocycles. The summed E-state index contributed by atoms with van der Waals surface area (Å²) in [7, 11) is -3.81. The van der Waals surface area contributed by atoms with Crippen LogP contribution in [-0.2, 0) is 10.0 Å². The molecule has 20 heavy (non-hydrogen) atoms. The molecule has 0 spiro atoms. The number of benzene rings is 2. The first-order chi connectivity index (χ1) is 9.40. The van der Waals surface area contributed by atoms with Crippen molar-refractivity contribution in [3.63, 3.8) is 0 Å². The van der Waals surface area contributed by atoms with Gasteiger partial charge in [0.1, 0.15) is 0 Å². The lowest BCUT2D eigenvalue weighted by atomic mass is 10.2. The van der Waals surface area contributed by atoms with E-state index in [1.165, 1.54) is 6.07 Å². The van der Waals surface area contributed by atoms with E-state index in [4.69, 9.17) is 16.7 Å². The average Bonchev–Trinajstić information content (AvgIpc) is 2.38. The van der Waals surface area contributed by atoms with Crippen LogP contribution in [0.5, 0.6) is 0 Å². The summed E-state index contributed by atoms with van der Waals surface area (Å²) in [4.78, 5) is 10.7. The van der Waals surface area contributed by atoms with Gasteiger partial charge in [-0.25, -0.2) is 13.2 Å². The zero-order valence-corrected chi connectivity index (χ0v) is 11.6. The Morgan fingerprint density at radius 1 is 1.10 bits per heavy atom. The SMILES string of the molecule is O=C(O)c1ccc(S(=O)(=O)Nc2ccccc2)cc1Cl. The van der Waals surface area contributed by atoms with Gasteiger partial charge in [-0.15, -0.1) is 0 Å². The van der Waals surface area contributed by atoms with E-state index in [1.54, 1.807) is 30.3 Å². The number of aromatic carboxylic acids is 1. The smallest absolute Gasteiger partial charge is 0.337 e. The van der Waals surface area contributed by atoms with Gasteiger partial charge in [-0.2, -0.15) is 0 Å². The summed E-state index contributed by atoms with van der Waals surface area (Å²) in [5.41, 5.74) is 0.260. The fourth-order valence-corrected chi connectivity index (χ4v) is 2.97. The first kappa shape index (κ1) is 14.4. The number of para-hydroxylation sites is 1. The molecule has 0 aromatic heterocycles. The Hall–Kier alpha value is -2.05. The molecule has 0 amide bonds. The van der Waals surface area contributed by atoms with E-state index in [1.807, 2.05) is 0 Å². The van der Waals surface area contributed by atoms with Crippen LogP contribution >= 0.6 is 11.6 Å². The van der Waals surface area contributed by atoms with Crippen LogP contribution in [0.3, 0.4) is 0 Å². The minimum Gasteiger partial charge on any atom is -0.478 e. The summed E-state index contributed by atoms with van der Waals surface area (Å²) in [5, 5.41) is 8.71. The van der Waals surface area contributed by atoms with Crippen molar-refractivity contribution < 1.29 is 18.3 Å². The summed E-state index contributed by atoms with van der Waals surface area (Å²) in [6, 6.07) is 11.8. The molecule has 0 bridgehead atoms. The van der Waals surface area contributed by atoms with Crippen molar-refractivity contribution in [2.24, 2.45) is 0 Å². The summed E-state index contributed by atoms with van der Waals surface area (Å²) in [6.45, 7) is 0. The number of nitrogens with one attached hydrogen (secondary N) is 1. The number of sulfonamides is 1. The predicted molar refractivity (Wildman–Crippen MR) is 75.7 cm³/mol. The van der Waals surface area contributed by atoms with E-state index in [9.17, 15) is 13.2 Å². The van der Waals surface area contributed by atoms with Crippen molar-refractivity contribution >= 4 is 33.3 Å². The molecule has 0 fully saturated rings. The standard InChI is InChI=1S/C13H10ClNO4S/c14-12-8-10(6-7-11(12)13(16)17)20(18,19)15-9-4-2-1-3-5-9/h1-8,15H,(H,16,17). The normalized spacial score (nSPS) is 11.1. The number of carboxylic acids is 1. The van der Waals surface area contributed by atoms with Crippen LogP contribution in [0.25, 0.3) is 0 Å². The predicted octanol–water partition coefficient (Wildman–Crippen LogP) is 2.84. The molecular formula is C13H10ClNO4S. The van der Waals surface area contributed by atoms with Crippen molar-refractivity contribution in [1.82, 2.24) is 0 Å². The molecular weight excluding hydrogens is 302 g/mol. The van der Waals surface area contributed by atoms with Crippen LogP contribution in [0.4, 0.5) is 5.69 Å². The van der Waals surface area contributed by atoms with Crippen molar-refractivity contribution in [1.29, 1.82) is 0 Å². The Labute approximate surface area is 120 Å². The van der Waals surface area contributed by atoms with Gasteiger partial charge in [-0.05, 0) is 30.3 Å². The zero-order valence-electron chi connectivity index (χ0n) is 10.1. The Balaban J connectivity index is 2.35. The molecule has 5 nitrogen and oxygen atoms in total. The van der Waals surface area contributed by atoms with Crippen molar-refractivity contribution in [3.05, 3.63) is 59.1 Å². The van der Waals surface area contributed by atoms with Gasteiger partial charge < -0.3 is 5.11 Å². The Kier molecular flexibility index (Phi) is 3.96. The van der Waals surface area contributed by atoms with E-state index >= 15 is 0 Å². The fourth-order valence-electron chi connectivity index (χ4n) is 1.56. The maximum Gasteiger partial charge on any atom is 0.337 e. The van der Waals surface area contributed by atoms with Gasteiger partial charge in [-0.3, -0.25) is 4.72 Å². The van der Waals surface area contributed by atoms with Gasteiger partial charge in [0.05, 0.1) is 15.5 Å². The van der Waals surface area contributed by atoms with E-state index < -0.39 is 16.0 Å². The van der Waals surface area contributed by atoms with Crippen molar-refractivity contribution in [2.45, 2.75) is 4.90 Å². The number of hydrogen-bond donors (Lipinski definition) is 2. The molecule has 0 saturated carbocycles. The van der Waals surface area contributed by atoms with Crippen LogP contribution < -0.4 is 4.72 Å². The zero-order chi connectivity index (χ0) is 14.8. The lowest BCUT2D eigenvalue weighted by molar-refractivity contribution is 0.0697. The third-order valence-electron chi connectivity index (χ3n) is 2.51. The van der Waals surface area contributed by atoms with Gasteiger partial charge in [0.25, 0.3) is 10.0 Å². The molecule has 2 aromatic carbocycles. The third kappa shape index (κ3) is 3.09. The summed E-state index contributed by atoms with van der Waals surface area (Å²) >= 11 is 5.76. The first-order valence-corrected chi connectivity index (χ1v) is 7.37. The third-order valence-corrected chi connectivity index (χ3v) is 4.20. The van der Waals surface area contributed by atoms with Crippen molar-refractivity contribution in [3.8, 4) is 0 Å². The van der Waals surface area contributed by atoms with E-state index in [2.05, 4.69) is 4.72 Å². The molecule has 0 atom stereocenters. The minimum absolute atomic E-state index is 0.101. The fraction of sp³-hybridized carbons (Fsp3) is 0.